The third kappa shape index (κ3) is 4.25. The van der Waals surface area contributed by atoms with Gasteiger partial charge in [-0.2, -0.15) is 0 Å². The summed E-state index contributed by atoms with van der Waals surface area (Å²) in [4.78, 5) is 43.9. The highest BCUT2D eigenvalue weighted by Gasteiger charge is 2.54. The molecule has 3 aromatic heterocycles. The molecular formula is C30H30N8O2. The Morgan fingerprint density at radius 3 is 2.60 bits per heavy atom. The summed E-state index contributed by atoms with van der Waals surface area (Å²) < 4.78 is 1.95. The summed E-state index contributed by atoms with van der Waals surface area (Å²) in [5, 5.41) is 2.80. The van der Waals surface area contributed by atoms with Crippen molar-refractivity contribution in [2.75, 3.05) is 17.6 Å². The molecule has 3 atom stereocenters. The molecule has 2 saturated heterocycles. The highest BCUT2D eigenvalue weighted by Crippen LogP contribution is 2.46. The van der Waals surface area contributed by atoms with Crippen molar-refractivity contribution >= 4 is 29.0 Å². The van der Waals surface area contributed by atoms with Crippen LogP contribution in [0.2, 0.25) is 0 Å². The normalized spacial score (nSPS) is 20.1. The van der Waals surface area contributed by atoms with E-state index in [1.807, 2.05) is 33.7 Å². The van der Waals surface area contributed by atoms with Gasteiger partial charge >= 0.3 is 0 Å². The standard InChI is InChI=1S/C30H30N8O2/c1-4-7-24(39)38-21-16-22(37(17-21)18(2)3)26(38)29-35-25(27-28(31)33-14-15-36(27)29)19-9-11-20(12-10-19)30(40)34-23-8-5-6-13-32-23/h5-6,8-15,18,21-22,26H,16-17H2,1-3H3,(H2,31,33)(H,32,34,40)/t21?,22-,26?/m0/s1. The molecule has 2 aliphatic rings. The maximum Gasteiger partial charge on any atom is 0.299 e. The van der Waals surface area contributed by atoms with Crippen molar-refractivity contribution in [3.05, 3.63) is 72.4 Å². The van der Waals surface area contributed by atoms with Gasteiger partial charge in [0.15, 0.2) is 0 Å². The molecule has 2 fully saturated rings. The molecule has 2 unspecified atom stereocenters. The fraction of sp³-hybridized carbons (Fsp3) is 0.300. The highest BCUT2D eigenvalue weighted by molar-refractivity contribution is 6.04. The third-order valence-electron chi connectivity index (χ3n) is 7.75. The van der Waals surface area contributed by atoms with E-state index in [4.69, 9.17) is 10.7 Å². The average molecular weight is 535 g/mol. The van der Waals surface area contributed by atoms with E-state index in [-0.39, 0.29) is 29.9 Å². The number of aromatic nitrogens is 4. The number of carbonyl (C=O) groups excluding carboxylic acids is 2. The van der Waals surface area contributed by atoms with Crippen LogP contribution in [0.3, 0.4) is 0 Å². The Morgan fingerprint density at radius 2 is 1.90 bits per heavy atom. The van der Waals surface area contributed by atoms with Crippen LogP contribution in [0.5, 0.6) is 0 Å². The molecule has 2 bridgehead atoms. The number of fused-ring (bicyclic) bond motifs is 3. The summed E-state index contributed by atoms with van der Waals surface area (Å²) >= 11 is 0. The van der Waals surface area contributed by atoms with E-state index >= 15 is 0 Å². The summed E-state index contributed by atoms with van der Waals surface area (Å²) in [5.74, 6) is 6.61. The zero-order valence-corrected chi connectivity index (χ0v) is 22.6. The maximum absolute atomic E-state index is 13.2. The number of benzene rings is 1. The predicted molar refractivity (Wildman–Crippen MR) is 152 cm³/mol. The van der Waals surface area contributed by atoms with E-state index in [2.05, 4.69) is 45.9 Å². The van der Waals surface area contributed by atoms with Gasteiger partial charge < -0.3 is 16.0 Å². The van der Waals surface area contributed by atoms with Gasteiger partial charge in [-0.15, -0.1) is 0 Å². The summed E-state index contributed by atoms with van der Waals surface area (Å²) in [6.45, 7) is 6.85. The Hall–Kier alpha value is -4.75. The van der Waals surface area contributed by atoms with E-state index in [1.165, 1.54) is 0 Å². The Morgan fingerprint density at radius 1 is 1.10 bits per heavy atom. The minimum absolute atomic E-state index is 0.0673. The number of rotatable bonds is 5. The number of nitrogens with one attached hydrogen (secondary N) is 1. The van der Waals surface area contributed by atoms with Gasteiger partial charge in [0.2, 0.25) is 0 Å². The number of likely N-dealkylation sites (tertiary alicyclic amines) is 2. The minimum Gasteiger partial charge on any atom is -0.382 e. The molecule has 1 aromatic carbocycles. The van der Waals surface area contributed by atoms with Crippen molar-refractivity contribution < 1.29 is 9.59 Å². The number of nitrogens with zero attached hydrogens (tertiary/aromatic N) is 6. The molecule has 40 heavy (non-hydrogen) atoms. The second-order valence-electron chi connectivity index (χ2n) is 10.4. The van der Waals surface area contributed by atoms with Gasteiger partial charge in [0, 0.05) is 54.4 Å². The molecule has 3 N–H and O–H groups in total. The number of nitrogens with two attached hydrogens (primary N) is 1. The SMILES string of the molecule is CC#CC(=O)N1C2C[C@@H](C1c1nc(-c3ccc(C(=O)Nc4ccccn4)cc3)c3c(N)nccn13)N(C(C)C)C2. The van der Waals surface area contributed by atoms with Crippen LogP contribution in [0.15, 0.2) is 61.1 Å². The Balaban J connectivity index is 1.41. The third-order valence-corrected chi connectivity index (χ3v) is 7.75. The first-order chi connectivity index (χ1) is 19.4. The molecule has 2 aliphatic heterocycles. The van der Waals surface area contributed by atoms with Gasteiger partial charge in [-0.1, -0.05) is 24.1 Å². The summed E-state index contributed by atoms with van der Waals surface area (Å²) in [6.07, 6.45) is 5.98. The lowest BCUT2D eigenvalue weighted by atomic mass is 10.1. The molecule has 4 aromatic rings. The molecule has 2 amide bonds. The van der Waals surface area contributed by atoms with Crippen LogP contribution in [0.25, 0.3) is 16.8 Å². The van der Waals surface area contributed by atoms with E-state index in [9.17, 15) is 9.59 Å². The van der Waals surface area contributed by atoms with E-state index in [0.717, 1.165) is 24.4 Å². The van der Waals surface area contributed by atoms with Crippen molar-refractivity contribution in [1.82, 2.24) is 29.2 Å². The number of pyridine rings is 1. The summed E-state index contributed by atoms with van der Waals surface area (Å²) in [7, 11) is 0. The average Bonchev–Trinajstić information content (AvgIpc) is 3.66. The molecule has 10 nitrogen and oxygen atoms in total. The quantitative estimate of drug-likeness (QED) is 0.377. The zero-order valence-electron chi connectivity index (χ0n) is 22.6. The van der Waals surface area contributed by atoms with Gasteiger partial charge in [-0.3, -0.25) is 18.9 Å². The first-order valence-corrected chi connectivity index (χ1v) is 13.3. The fourth-order valence-electron chi connectivity index (χ4n) is 6.05. The van der Waals surface area contributed by atoms with Gasteiger partial charge in [-0.05, 0) is 57.4 Å². The van der Waals surface area contributed by atoms with Crippen LogP contribution in [-0.2, 0) is 4.79 Å². The topological polar surface area (TPSA) is 122 Å². The monoisotopic (exact) mass is 534 g/mol. The van der Waals surface area contributed by atoms with Crippen LogP contribution < -0.4 is 11.1 Å². The molecule has 0 aliphatic carbocycles. The second-order valence-corrected chi connectivity index (χ2v) is 10.4. The Kier molecular flexibility index (Phi) is 6.44. The first kappa shape index (κ1) is 25.5. The van der Waals surface area contributed by atoms with E-state index < -0.39 is 0 Å². The molecule has 10 heteroatoms. The molecule has 0 spiro atoms. The number of piperazine rings is 1. The minimum atomic E-state index is -0.291. The first-order valence-electron chi connectivity index (χ1n) is 13.3. The molecular weight excluding hydrogens is 504 g/mol. The lowest BCUT2D eigenvalue weighted by Gasteiger charge is -2.41. The number of hydrogen-bond donors (Lipinski definition) is 2. The molecule has 0 radical (unpaired) electrons. The van der Waals surface area contributed by atoms with Crippen LogP contribution >= 0.6 is 0 Å². The van der Waals surface area contributed by atoms with Gasteiger partial charge in [0.25, 0.3) is 11.8 Å². The van der Waals surface area contributed by atoms with Crippen molar-refractivity contribution in [2.45, 2.75) is 51.4 Å². The number of hydrogen-bond acceptors (Lipinski definition) is 7. The van der Waals surface area contributed by atoms with E-state index in [1.54, 1.807) is 43.6 Å². The van der Waals surface area contributed by atoms with Crippen LogP contribution in [0.4, 0.5) is 11.6 Å². The van der Waals surface area contributed by atoms with Gasteiger partial charge in [-0.25, -0.2) is 15.0 Å². The van der Waals surface area contributed by atoms with Crippen molar-refractivity contribution in [3.8, 4) is 23.1 Å². The summed E-state index contributed by atoms with van der Waals surface area (Å²) in [6, 6.07) is 12.7. The summed E-state index contributed by atoms with van der Waals surface area (Å²) in [5.41, 5.74) is 8.99. The Labute approximate surface area is 232 Å². The smallest absolute Gasteiger partial charge is 0.299 e. The fourth-order valence-corrected chi connectivity index (χ4v) is 6.05. The van der Waals surface area contributed by atoms with Crippen LogP contribution in [-0.4, -0.2) is 65.6 Å². The van der Waals surface area contributed by atoms with Crippen molar-refractivity contribution in [3.63, 3.8) is 0 Å². The number of amides is 2. The lowest BCUT2D eigenvalue weighted by molar-refractivity contribution is -0.131. The number of imidazole rings is 1. The van der Waals surface area contributed by atoms with Crippen molar-refractivity contribution in [1.29, 1.82) is 0 Å². The predicted octanol–water partition coefficient (Wildman–Crippen LogP) is 3.38. The second kappa shape index (κ2) is 10.1. The van der Waals surface area contributed by atoms with Crippen LogP contribution in [0, 0.1) is 11.8 Å². The zero-order chi connectivity index (χ0) is 28.0. The molecule has 6 rings (SSSR count). The maximum atomic E-state index is 13.2. The molecule has 5 heterocycles. The molecule has 202 valence electrons. The number of nitrogen functional groups attached to an aromatic ring is 1. The number of carbonyl (C=O) groups is 2. The van der Waals surface area contributed by atoms with Gasteiger partial charge in [0.1, 0.15) is 34.7 Å². The lowest BCUT2D eigenvalue weighted by Crippen LogP contribution is -2.52. The highest BCUT2D eigenvalue weighted by atomic mass is 16.2. The largest absolute Gasteiger partial charge is 0.382 e. The Bertz CT molecular complexity index is 1650. The van der Waals surface area contributed by atoms with Crippen LogP contribution in [0.1, 0.15) is 49.4 Å². The van der Waals surface area contributed by atoms with Gasteiger partial charge in [0.05, 0.1) is 0 Å². The van der Waals surface area contributed by atoms with Crippen molar-refractivity contribution in [2.24, 2.45) is 0 Å². The number of anilines is 2. The van der Waals surface area contributed by atoms with E-state index in [0.29, 0.717) is 34.5 Å². The molecule has 0 saturated carbocycles.